The van der Waals surface area contributed by atoms with E-state index < -0.39 is 0 Å². The molecule has 0 fully saturated rings. The Hall–Kier alpha value is -2.63. The summed E-state index contributed by atoms with van der Waals surface area (Å²) in [5.74, 6) is 1.06. The van der Waals surface area contributed by atoms with Crippen molar-refractivity contribution >= 4 is 17.0 Å². The van der Waals surface area contributed by atoms with Gasteiger partial charge in [-0.1, -0.05) is 18.2 Å². The number of H-pyrrole nitrogens is 1. The van der Waals surface area contributed by atoms with Gasteiger partial charge < -0.3 is 10.4 Å². The Bertz CT molecular complexity index is 765. The second-order valence-corrected chi connectivity index (χ2v) is 4.74. The van der Waals surface area contributed by atoms with Crippen molar-refractivity contribution in [1.82, 2.24) is 15.0 Å². The highest BCUT2D eigenvalue weighted by Crippen LogP contribution is 2.22. The number of hydrogen-bond donors (Lipinski definition) is 3. The van der Waals surface area contributed by atoms with Gasteiger partial charge in [0.25, 0.3) is 5.65 Å². The fraction of sp³-hybridized carbons (Fsp3) is 0.214. The van der Waals surface area contributed by atoms with E-state index in [0.29, 0.717) is 12.3 Å². The third kappa shape index (κ3) is 2.05. The van der Waals surface area contributed by atoms with Gasteiger partial charge in [0.05, 0.1) is 7.05 Å². The number of aryl methyl sites for hydroxylation is 2. The summed E-state index contributed by atoms with van der Waals surface area (Å²) in [6.07, 6.45) is 3.34. The van der Waals surface area contributed by atoms with E-state index in [4.69, 9.17) is 0 Å². The standard InChI is InChI=1S/C14H15N5O/c1-9-4-3-5-10(12(9)20)6-15-13-11-14(17-7-16-13)18-8-19(11)2/h3-5,7-8H,6H2,1-2H3,(H2,15,16,17,20)/p+1. The number of aromatic hydroxyl groups is 1. The minimum Gasteiger partial charge on any atom is -0.507 e. The molecule has 6 heteroatoms. The zero-order valence-corrected chi connectivity index (χ0v) is 11.4. The predicted octanol–water partition coefficient (Wildman–Crippen LogP) is 1.41. The summed E-state index contributed by atoms with van der Waals surface area (Å²) in [5.41, 5.74) is 3.39. The average molecular weight is 270 g/mol. The molecule has 102 valence electrons. The molecule has 0 aliphatic heterocycles. The number of phenolic OH excluding ortho intramolecular Hbond substituents is 1. The number of aromatic amines is 1. The van der Waals surface area contributed by atoms with Gasteiger partial charge in [0.15, 0.2) is 5.82 Å². The molecule has 3 rings (SSSR count). The molecule has 0 radical (unpaired) electrons. The molecule has 0 saturated heterocycles. The number of fused-ring (bicyclic) bond motifs is 1. The SMILES string of the molecule is Cc1cccc(CNc2ncnc3[nH]c[n+](C)c23)c1O. The number of benzene rings is 1. The van der Waals surface area contributed by atoms with E-state index in [2.05, 4.69) is 20.3 Å². The van der Waals surface area contributed by atoms with E-state index in [0.717, 1.165) is 28.1 Å². The van der Waals surface area contributed by atoms with Gasteiger partial charge in [-0.25, -0.2) is 14.5 Å². The number of nitrogens with one attached hydrogen (secondary N) is 2. The van der Waals surface area contributed by atoms with Crippen LogP contribution < -0.4 is 9.88 Å². The first-order valence-electron chi connectivity index (χ1n) is 6.36. The summed E-state index contributed by atoms with van der Waals surface area (Å²) in [6, 6.07) is 5.71. The van der Waals surface area contributed by atoms with Gasteiger partial charge in [-0.3, -0.25) is 0 Å². The number of aromatic nitrogens is 4. The molecule has 0 aliphatic carbocycles. The van der Waals surface area contributed by atoms with Crippen molar-refractivity contribution in [3.05, 3.63) is 42.0 Å². The minimum absolute atomic E-state index is 0.323. The minimum atomic E-state index is 0.323. The first-order valence-corrected chi connectivity index (χ1v) is 6.36. The van der Waals surface area contributed by atoms with Crippen LogP contribution in [0.3, 0.4) is 0 Å². The third-order valence-corrected chi connectivity index (χ3v) is 3.34. The Balaban J connectivity index is 1.91. The summed E-state index contributed by atoms with van der Waals surface area (Å²) >= 11 is 0. The Kier molecular flexibility index (Phi) is 2.98. The molecular weight excluding hydrogens is 254 g/mol. The summed E-state index contributed by atoms with van der Waals surface area (Å²) in [7, 11) is 1.93. The largest absolute Gasteiger partial charge is 0.507 e. The van der Waals surface area contributed by atoms with Gasteiger partial charge in [-0.05, 0) is 12.5 Å². The van der Waals surface area contributed by atoms with E-state index in [1.165, 1.54) is 6.33 Å². The number of hydrogen-bond acceptors (Lipinski definition) is 4. The fourth-order valence-electron chi connectivity index (χ4n) is 2.21. The maximum Gasteiger partial charge on any atom is 0.271 e. The van der Waals surface area contributed by atoms with Gasteiger partial charge in [-0.2, -0.15) is 4.98 Å². The van der Waals surface area contributed by atoms with E-state index in [-0.39, 0.29) is 0 Å². The summed E-state index contributed by atoms with van der Waals surface area (Å²) in [5, 5.41) is 13.3. The number of phenols is 1. The lowest BCUT2D eigenvalue weighted by Gasteiger charge is -2.08. The van der Waals surface area contributed by atoms with E-state index in [9.17, 15) is 5.11 Å². The van der Waals surface area contributed by atoms with Crippen molar-refractivity contribution in [3.63, 3.8) is 0 Å². The van der Waals surface area contributed by atoms with Crippen LogP contribution in [0.5, 0.6) is 5.75 Å². The second-order valence-electron chi connectivity index (χ2n) is 4.74. The molecule has 0 atom stereocenters. The smallest absolute Gasteiger partial charge is 0.271 e. The highest BCUT2D eigenvalue weighted by Gasteiger charge is 2.14. The third-order valence-electron chi connectivity index (χ3n) is 3.34. The molecule has 3 N–H and O–H groups in total. The van der Waals surface area contributed by atoms with Crippen molar-refractivity contribution in [1.29, 1.82) is 0 Å². The zero-order valence-electron chi connectivity index (χ0n) is 11.4. The molecular formula is C14H16N5O+. The van der Waals surface area contributed by atoms with Crippen molar-refractivity contribution < 1.29 is 9.67 Å². The van der Waals surface area contributed by atoms with E-state index >= 15 is 0 Å². The van der Waals surface area contributed by atoms with Crippen LogP contribution in [0, 0.1) is 6.92 Å². The van der Waals surface area contributed by atoms with E-state index in [1.807, 2.05) is 43.1 Å². The lowest BCUT2D eigenvalue weighted by atomic mass is 10.1. The van der Waals surface area contributed by atoms with Crippen LogP contribution in [-0.2, 0) is 13.6 Å². The molecule has 2 aromatic heterocycles. The van der Waals surface area contributed by atoms with Crippen LogP contribution in [0.2, 0.25) is 0 Å². The van der Waals surface area contributed by atoms with Gasteiger partial charge in [0.2, 0.25) is 11.8 Å². The van der Waals surface area contributed by atoms with Crippen LogP contribution in [-0.4, -0.2) is 20.1 Å². The first kappa shape index (κ1) is 12.4. The van der Waals surface area contributed by atoms with Gasteiger partial charge >= 0.3 is 0 Å². The average Bonchev–Trinajstić information content (AvgIpc) is 2.83. The lowest BCUT2D eigenvalue weighted by molar-refractivity contribution is -0.644. The quantitative estimate of drug-likeness (QED) is 0.629. The molecule has 0 spiro atoms. The molecule has 0 bridgehead atoms. The molecule has 3 aromatic rings. The van der Waals surface area contributed by atoms with Gasteiger partial charge in [0, 0.05) is 12.1 Å². The highest BCUT2D eigenvalue weighted by molar-refractivity contribution is 5.78. The molecule has 0 saturated carbocycles. The monoisotopic (exact) mass is 270 g/mol. The molecule has 0 amide bonds. The van der Waals surface area contributed by atoms with Crippen LogP contribution in [0.15, 0.2) is 30.9 Å². The van der Waals surface area contributed by atoms with Crippen molar-refractivity contribution in [2.75, 3.05) is 5.32 Å². The number of nitrogens with zero attached hydrogens (tertiary/aromatic N) is 3. The number of imidazole rings is 1. The van der Waals surface area contributed by atoms with Gasteiger partial charge in [-0.15, -0.1) is 0 Å². The molecule has 6 nitrogen and oxygen atoms in total. The molecule has 0 unspecified atom stereocenters. The molecule has 20 heavy (non-hydrogen) atoms. The number of rotatable bonds is 3. The van der Waals surface area contributed by atoms with Gasteiger partial charge in [0.1, 0.15) is 12.1 Å². The van der Waals surface area contributed by atoms with Crippen LogP contribution in [0.25, 0.3) is 11.2 Å². The van der Waals surface area contributed by atoms with Crippen LogP contribution in [0.1, 0.15) is 11.1 Å². The number of anilines is 1. The normalized spacial score (nSPS) is 10.9. The Morgan fingerprint density at radius 2 is 2.20 bits per heavy atom. The zero-order chi connectivity index (χ0) is 14.1. The van der Waals surface area contributed by atoms with Crippen LogP contribution >= 0.6 is 0 Å². The topological polar surface area (TPSA) is 77.7 Å². The van der Waals surface area contributed by atoms with Crippen molar-refractivity contribution in [3.8, 4) is 5.75 Å². The highest BCUT2D eigenvalue weighted by atomic mass is 16.3. The molecule has 1 aromatic carbocycles. The maximum absolute atomic E-state index is 10.0. The summed E-state index contributed by atoms with van der Waals surface area (Å²) in [6.45, 7) is 2.39. The maximum atomic E-state index is 10.0. The van der Waals surface area contributed by atoms with Crippen LogP contribution in [0.4, 0.5) is 5.82 Å². The predicted molar refractivity (Wildman–Crippen MR) is 75.2 cm³/mol. The Morgan fingerprint density at radius 3 is 3.05 bits per heavy atom. The van der Waals surface area contributed by atoms with Crippen molar-refractivity contribution in [2.24, 2.45) is 7.05 Å². The molecule has 2 heterocycles. The van der Waals surface area contributed by atoms with Crippen molar-refractivity contribution in [2.45, 2.75) is 13.5 Å². The fourth-order valence-corrected chi connectivity index (χ4v) is 2.21. The number of para-hydroxylation sites is 1. The summed E-state index contributed by atoms with van der Waals surface area (Å²) in [4.78, 5) is 11.5. The second kappa shape index (κ2) is 4.80. The first-order chi connectivity index (χ1) is 9.66. The summed E-state index contributed by atoms with van der Waals surface area (Å²) < 4.78 is 1.92. The lowest BCUT2D eigenvalue weighted by Crippen LogP contribution is -2.26. The Morgan fingerprint density at radius 1 is 1.35 bits per heavy atom. The molecule has 0 aliphatic rings. The van der Waals surface area contributed by atoms with E-state index in [1.54, 1.807) is 0 Å². The Labute approximate surface area is 116 Å².